The van der Waals surface area contributed by atoms with Crippen LogP contribution in [0.2, 0.25) is 10.6 Å². The maximum atomic E-state index is 2.31. The van der Waals surface area contributed by atoms with E-state index in [1.807, 2.05) is 0 Å². The summed E-state index contributed by atoms with van der Waals surface area (Å²) in [5, 5.41) is 3.18. The minimum absolute atomic E-state index is 1.01. The van der Waals surface area contributed by atoms with Crippen molar-refractivity contribution in [1.82, 2.24) is 0 Å². The van der Waals surface area contributed by atoms with Crippen LogP contribution in [0, 0.1) is 0 Å². The molecule has 278 valence electrons. The summed E-state index contributed by atoms with van der Waals surface area (Å²) in [5.74, 6) is 0. The number of hydrogen-bond donors (Lipinski definition) is 0. The van der Waals surface area contributed by atoms with Gasteiger partial charge in [-0.3, -0.25) is 0 Å². The van der Waals surface area contributed by atoms with E-state index in [4.69, 9.17) is 0 Å². The Bertz CT molecular complexity index is 448. The summed E-state index contributed by atoms with van der Waals surface area (Å²) in [6, 6.07) is 0. The minimum Gasteiger partial charge on any atom is -0.0654 e. The predicted molar refractivity (Wildman–Crippen MR) is 217 cm³/mol. The van der Waals surface area contributed by atoms with Crippen LogP contribution in [0.25, 0.3) is 0 Å². The fourth-order valence-corrected chi connectivity index (χ4v) is 13.9. The predicted octanol–water partition coefficient (Wildman–Crippen LogP) is 16.8. The van der Waals surface area contributed by atoms with Crippen molar-refractivity contribution in [3.63, 3.8) is 0 Å². The van der Waals surface area contributed by atoms with Crippen LogP contribution in [0.5, 0.6) is 0 Å². The van der Waals surface area contributed by atoms with Crippen molar-refractivity contribution < 1.29 is 0 Å². The molecule has 0 N–H and O–H groups in total. The molecule has 0 rings (SSSR count). The Balaban J connectivity index is 3.03. The summed E-state index contributed by atoms with van der Waals surface area (Å²) in [5.41, 5.74) is 0. The van der Waals surface area contributed by atoms with Crippen molar-refractivity contribution in [2.45, 2.75) is 281 Å². The number of hydrogen-bond acceptors (Lipinski definition) is 0. The third-order valence-corrected chi connectivity index (χ3v) is 18.0. The normalized spacial score (nSPS) is 11.6. The Morgan fingerprint density at radius 1 is 0.174 bits per heavy atom. The Hall–Kier alpha value is 1.04. The molecule has 0 nitrogen and oxygen atoms in total. The first kappa shape index (κ1) is 47.0. The molecule has 0 bridgehead atoms. The molecular weight excluding hydrogens is 686 g/mol. The molecule has 0 aliphatic carbocycles. The Morgan fingerprint density at radius 2 is 0.304 bits per heavy atom. The molecule has 0 atom stereocenters. The van der Waals surface area contributed by atoms with Gasteiger partial charge in [-0.1, -0.05) is 129 Å². The smallest absolute Gasteiger partial charge is 0.0654 e. The molecular formula is C44H90Se2. The summed E-state index contributed by atoms with van der Waals surface area (Å²) in [6.07, 6.45) is 59.7. The molecule has 46 heavy (non-hydrogen) atoms. The summed E-state index contributed by atoms with van der Waals surface area (Å²) in [7, 11) is 0. The summed E-state index contributed by atoms with van der Waals surface area (Å²) in [4.78, 5) is 0. The monoisotopic (exact) mass is 779 g/mol. The molecule has 0 radical (unpaired) electrons. The van der Waals surface area contributed by atoms with Crippen LogP contribution < -0.4 is 0 Å². The third kappa shape index (κ3) is 45.0. The van der Waals surface area contributed by atoms with Gasteiger partial charge in [0, 0.05) is 0 Å². The van der Waals surface area contributed by atoms with Crippen LogP contribution >= 0.6 is 0 Å². The van der Waals surface area contributed by atoms with Crippen molar-refractivity contribution in [2.75, 3.05) is 0 Å². The first-order valence-corrected chi connectivity index (χ1v) is 28.9. The summed E-state index contributed by atoms with van der Waals surface area (Å²) < 4.78 is 0. The Labute approximate surface area is 306 Å². The van der Waals surface area contributed by atoms with E-state index in [0.29, 0.717) is 0 Å². The second-order valence-electron chi connectivity index (χ2n) is 15.1. The van der Waals surface area contributed by atoms with Crippen molar-refractivity contribution in [3.05, 3.63) is 0 Å². The molecule has 0 heterocycles. The van der Waals surface area contributed by atoms with Crippen LogP contribution in [0.4, 0.5) is 0 Å². The van der Waals surface area contributed by atoms with Crippen LogP contribution in [-0.2, 0) is 0 Å². The molecule has 2 heteroatoms. The van der Waals surface area contributed by atoms with Gasteiger partial charge in [-0.05, 0) is 0 Å². The molecule has 0 aromatic rings. The molecule has 0 aliphatic heterocycles. The van der Waals surface area contributed by atoms with Gasteiger partial charge >= 0.3 is 178 Å². The first-order valence-electron chi connectivity index (χ1n) is 22.2. The van der Waals surface area contributed by atoms with Gasteiger partial charge in [-0.25, -0.2) is 0 Å². The van der Waals surface area contributed by atoms with E-state index in [1.165, 1.54) is 244 Å². The van der Waals surface area contributed by atoms with E-state index >= 15 is 0 Å². The fourth-order valence-electron chi connectivity index (χ4n) is 6.95. The van der Waals surface area contributed by atoms with E-state index in [9.17, 15) is 0 Å². The zero-order valence-electron chi connectivity index (χ0n) is 32.5. The number of rotatable bonds is 43. The van der Waals surface area contributed by atoms with Crippen molar-refractivity contribution in [2.24, 2.45) is 0 Å². The van der Waals surface area contributed by atoms with Gasteiger partial charge in [0.2, 0.25) is 0 Å². The van der Waals surface area contributed by atoms with Gasteiger partial charge < -0.3 is 0 Å². The van der Waals surface area contributed by atoms with E-state index in [2.05, 4.69) is 13.8 Å². The van der Waals surface area contributed by atoms with Crippen LogP contribution in [0.3, 0.4) is 0 Å². The van der Waals surface area contributed by atoms with Crippen molar-refractivity contribution in [3.8, 4) is 0 Å². The molecule has 0 aromatic heterocycles. The molecule has 0 fully saturated rings. The van der Waals surface area contributed by atoms with E-state index in [-0.39, 0.29) is 0 Å². The van der Waals surface area contributed by atoms with Gasteiger partial charge in [0.15, 0.2) is 0 Å². The second kappa shape index (κ2) is 46.0. The third-order valence-electron chi connectivity index (χ3n) is 10.2. The Kier molecular flexibility index (Phi) is 47.1. The molecule has 0 amide bonds. The van der Waals surface area contributed by atoms with E-state index < -0.39 is 0 Å². The van der Waals surface area contributed by atoms with Crippen LogP contribution in [0.15, 0.2) is 0 Å². The van der Waals surface area contributed by atoms with Gasteiger partial charge in [0.1, 0.15) is 0 Å². The maximum absolute atomic E-state index is 2.31. The average Bonchev–Trinajstić information content (AvgIpc) is 3.07. The topological polar surface area (TPSA) is 0 Å². The molecule has 0 unspecified atom stereocenters. The standard InChI is InChI=1S/C44H90Se2/c1-3-5-7-9-11-13-15-17-19-21-23-25-27-29-31-33-35-37-39-41-43-45-46-44-42-40-38-36-34-32-30-28-26-24-22-20-18-16-14-12-10-8-6-4-2/h3-44H2,1-2H3. The molecule has 0 aromatic carbocycles. The van der Waals surface area contributed by atoms with Gasteiger partial charge in [-0.2, -0.15) is 0 Å². The molecule has 0 saturated carbocycles. The van der Waals surface area contributed by atoms with Gasteiger partial charge in [0.25, 0.3) is 0 Å². The Morgan fingerprint density at radius 3 is 0.457 bits per heavy atom. The summed E-state index contributed by atoms with van der Waals surface area (Å²) >= 11 is 2.02. The fraction of sp³-hybridized carbons (Fsp3) is 1.00. The number of unbranched alkanes of at least 4 members (excludes halogenated alkanes) is 38. The molecule has 0 saturated heterocycles. The van der Waals surface area contributed by atoms with Crippen molar-refractivity contribution in [1.29, 1.82) is 0 Å². The zero-order chi connectivity index (χ0) is 33.1. The second-order valence-corrected chi connectivity index (χ2v) is 22.9. The van der Waals surface area contributed by atoms with E-state index in [1.54, 1.807) is 23.5 Å². The molecule has 0 aliphatic rings. The summed E-state index contributed by atoms with van der Waals surface area (Å²) in [6.45, 7) is 4.62. The minimum atomic E-state index is 1.01. The SMILES string of the molecule is CCCCCCCCCCCCCCCCCCCCCC[Se][Se]CCCCCCCCCCCCCCCCCCCCCC. The van der Waals surface area contributed by atoms with Crippen LogP contribution in [0.1, 0.15) is 271 Å². The van der Waals surface area contributed by atoms with Gasteiger partial charge in [-0.15, -0.1) is 0 Å². The van der Waals surface area contributed by atoms with E-state index in [0.717, 1.165) is 26.3 Å². The van der Waals surface area contributed by atoms with Crippen LogP contribution in [-0.4, -0.2) is 26.3 Å². The quantitative estimate of drug-likeness (QED) is 0.0427. The zero-order valence-corrected chi connectivity index (χ0v) is 35.9. The molecule has 0 spiro atoms. The average molecular weight is 777 g/mol. The van der Waals surface area contributed by atoms with Crippen molar-refractivity contribution >= 4 is 26.3 Å². The van der Waals surface area contributed by atoms with Gasteiger partial charge in [0.05, 0.1) is 0 Å². The first-order chi connectivity index (χ1) is 22.9.